The Morgan fingerprint density at radius 3 is 1.32 bits per heavy atom. The topological polar surface area (TPSA) is 204 Å². The average Bonchev–Trinajstić information content (AvgIpc) is 3.11. The molecule has 17 heteroatoms. The Labute approximate surface area is 324 Å². The van der Waals surface area contributed by atoms with E-state index >= 15 is 0 Å². The summed E-state index contributed by atoms with van der Waals surface area (Å²) in [6.07, 6.45) is 4.49. The minimum absolute atomic E-state index is 0.0611. The van der Waals surface area contributed by atoms with E-state index in [-0.39, 0.29) is 9.79 Å². The first-order chi connectivity index (χ1) is 25.1. The molecule has 6 N–H and O–H groups in total. The van der Waals surface area contributed by atoms with Crippen LogP contribution in [0.25, 0.3) is 0 Å². The van der Waals surface area contributed by atoms with E-state index in [2.05, 4.69) is 9.98 Å². The van der Waals surface area contributed by atoms with Crippen LogP contribution in [-0.2, 0) is 48.3 Å². The predicted octanol–water partition coefficient (Wildman–Crippen LogP) is 5.82. The zero-order valence-electron chi connectivity index (χ0n) is 28.6. The third-order valence-electron chi connectivity index (χ3n) is 7.73. The van der Waals surface area contributed by atoms with Crippen molar-refractivity contribution in [3.05, 3.63) is 142 Å². The summed E-state index contributed by atoms with van der Waals surface area (Å²) in [7, 11) is 2.52. The summed E-state index contributed by atoms with van der Waals surface area (Å²) in [6.45, 7) is 4.58. The second-order valence-electron chi connectivity index (χ2n) is 11.8. The molecule has 0 saturated heterocycles. The number of benzene rings is 4. The van der Waals surface area contributed by atoms with Crippen LogP contribution >= 0.6 is 19.4 Å². The van der Waals surface area contributed by atoms with Crippen LogP contribution in [0.5, 0.6) is 11.5 Å². The number of fused-ring (bicyclic) bond motifs is 2. The van der Waals surface area contributed by atoms with E-state index in [1.54, 1.807) is 36.7 Å². The number of hydrogen-bond acceptors (Lipinski definition) is 10. The number of aliphatic hydroxyl groups excluding tert-OH is 2. The minimum atomic E-state index is -3.69. The standard InChI is InChI=1S/2C18H18N2O4S.2ClH.Zn/c2*1-12-2-7-17-16(8-12)18(21)14(11-24-17)10-20-9-13-3-5-15(6-4-13)25(19,22)23;;;/h2*2-8,10-11,18,21H,9H2,1H3,(H2,19,22,23);2*1H;/q;;;;+2/p-2. The molecule has 0 aromatic heterocycles. The molecule has 0 saturated carbocycles. The number of halogens is 2. The maximum atomic E-state index is 11.2. The van der Waals surface area contributed by atoms with Crippen molar-refractivity contribution >= 4 is 51.9 Å². The van der Waals surface area contributed by atoms with Gasteiger partial charge in [-0.25, -0.2) is 27.1 Å². The predicted molar refractivity (Wildman–Crippen MR) is 201 cm³/mol. The van der Waals surface area contributed by atoms with Crippen molar-refractivity contribution in [2.75, 3.05) is 0 Å². The summed E-state index contributed by atoms with van der Waals surface area (Å²) >= 11 is -0.931. The molecular weight excluding hydrogens is 817 g/mol. The van der Waals surface area contributed by atoms with Gasteiger partial charge >= 0.3 is 34.5 Å². The molecule has 2 heterocycles. The number of primary sulfonamides is 2. The number of aliphatic hydroxyl groups is 2. The van der Waals surface area contributed by atoms with Crippen LogP contribution in [0.1, 0.15) is 45.6 Å². The fraction of sp³-hybridized carbons (Fsp3) is 0.167. The first-order valence-electron chi connectivity index (χ1n) is 15.8. The first kappa shape index (κ1) is 42.0. The molecule has 0 amide bonds. The van der Waals surface area contributed by atoms with Gasteiger partial charge in [0.15, 0.2) is 0 Å². The Kier molecular flexibility index (Phi) is 15.1. The molecule has 276 valence electrons. The molecule has 2 atom stereocenters. The second kappa shape index (κ2) is 19.0. The van der Waals surface area contributed by atoms with E-state index in [0.717, 1.165) is 22.3 Å². The van der Waals surface area contributed by atoms with E-state index in [1.165, 1.54) is 36.8 Å². The number of aryl methyl sites for hydroxylation is 2. The third-order valence-corrected chi connectivity index (χ3v) is 9.59. The number of ether oxygens (including phenoxy) is 2. The molecule has 0 spiro atoms. The number of nitrogens with zero attached hydrogens (tertiary/aromatic N) is 2. The van der Waals surface area contributed by atoms with E-state index in [9.17, 15) is 27.0 Å². The molecule has 4 aromatic rings. The Morgan fingerprint density at radius 2 is 1.00 bits per heavy atom. The fourth-order valence-electron chi connectivity index (χ4n) is 5.01. The van der Waals surface area contributed by atoms with Gasteiger partial charge in [0.05, 0.1) is 35.4 Å². The summed E-state index contributed by atoms with van der Waals surface area (Å²) in [5.74, 6) is 1.27. The Balaban J connectivity index is 0.000000220. The molecule has 2 unspecified atom stereocenters. The molecule has 2 aliphatic rings. The number of rotatable bonds is 8. The molecule has 12 nitrogen and oxygen atoms in total. The van der Waals surface area contributed by atoms with Crippen molar-refractivity contribution < 1.29 is 51.7 Å². The van der Waals surface area contributed by atoms with Gasteiger partial charge in [-0.1, -0.05) is 47.5 Å². The Morgan fingerprint density at radius 1 is 0.660 bits per heavy atom. The van der Waals surface area contributed by atoms with Crippen molar-refractivity contribution in [2.45, 2.75) is 48.9 Å². The van der Waals surface area contributed by atoms with Crippen LogP contribution < -0.4 is 19.8 Å². The summed E-state index contributed by atoms with van der Waals surface area (Å²) < 4.78 is 55.9. The van der Waals surface area contributed by atoms with Crippen LogP contribution in [0.2, 0.25) is 0 Å². The summed E-state index contributed by atoms with van der Waals surface area (Å²) in [6, 6.07) is 23.6. The Bertz CT molecular complexity index is 2090. The van der Waals surface area contributed by atoms with Crippen LogP contribution in [0, 0.1) is 13.8 Å². The van der Waals surface area contributed by atoms with Crippen LogP contribution in [0.3, 0.4) is 0 Å². The average molecular weight is 853 g/mol. The van der Waals surface area contributed by atoms with Crippen molar-refractivity contribution in [1.82, 2.24) is 0 Å². The van der Waals surface area contributed by atoms with Gasteiger partial charge in [0, 0.05) is 34.7 Å². The zero-order chi connectivity index (χ0) is 38.8. The Hall–Kier alpha value is -3.76. The van der Waals surface area contributed by atoms with Gasteiger partial charge < -0.3 is 19.7 Å². The van der Waals surface area contributed by atoms with Crippen molar-refractivity contribution in [3.63, 3.8) is 0 Å². The monoisotopic (exact) mass is 850 g/mol. The van der Waals surface area contributed by atoms with E-state index in [4.69, 9.17) is 39.1 Å². The van der Waals surface area contributed by atoms with Crippen LogP contribution in [0.15, 0.2) is 128 Å². The summed E-state index contributed by atoms with van der Waals surface area (Å²) in [4.78, 5) is 8.70. The fourth-order valence-corrected chi connectivity index (χ4v) is 6.04. The molecule has 0 bridgehead atoms. The van der Waals surface area contributed by atoms with Gasteiger partial charge in [-0.15, -0.1) is 0 Å². The molecular formula is C36H36Cl2N4O8S2Zn. The van der Waals surface area contributed by atoms with E-state index < -0.39 is 47.4 Å². The zero-order valence-corrected chi connectivity index (χ0v) is 34.7. The molecule has 4 aromatic carbocycles. The van der Waals surface area contributed by atoms with Crippen LogP contribution in [-0.4, -0.2) is 39.5 Å². The van der Waals surface area contributed by atoms with Gasteiger partial charge in [0.2, 0.25) is 20.0 Å². The van der Waals surface area contributed by atoms with E-state index in [0.29, 0.717) is 46.9 Å². The van der Waals surface area contributed by atoms with E-state index in [1.807, 2.05) is 50.2 Å². The molecule has 0 fully saturated rings. The van der Waals surface area contributed by atoms with Gasteiger partial charge in [0.1, 0.15) is 23.7 Å². The SMILES string of the molecule is Cc1ccc2c(c1)C(O)C(C=NCc1ccc(S(N)(=O)=O)cc1)=CO2.Cc1ccc2c(c1)C(O)C(C=NCc1ccc(S(N)(=O)=O)cc1)=CO2.[Cl][Zn][Cl]. The number of aliphatic imine (C=N–C) groups is 2. The molecule has 53 heavy (non-hydrogen) atoms. The normalized spacial score (nSPS) is 16.3. The quantitative estimate of drug-likeness (QED) is 0.125. The molecule has 2 aliphatic heterocycles. The summed E-state index contributed by atoms with van der Waals surface area (Å²) in [5.41, 5.74) is 6.25. The van der Waals surface area contributed by atoms with Crippen molar-refractivity contribution in [1.29, 1.82) is 0 Å². The summed E-state index contributed by atoms with van der Waals surface area (Å²) in [5, 5.41) is 31.0. The number of sulfonamides is 2. The van der Waals surface area contributed by atoms with Gasteiger partial charge in [-0.05, 0) is 73.5 Å². The third kappa shape index (κ3) is 12.1. The van der Waals surface area contributed by atoms with Crippen molar-refractivity contribution in [3.8, 4) is 11.5 Å². The number of hydrogen-bond donors (Lipinski definition) is 4. The molecule has 6 rings (SSSR count). The second-order valence-corrected chi connectivity index (χ2v) is 19.5. The van der Waals surface area contributed by atoms with Gasteiger partial charge in [-0.3, -0.25) is 9.98 Å². The maximum absolute atomic E-state index is 11.2. The van der Waals surface area contributed by atoms with Gasteiger partial charge in [0.25, 0.3) is 0 Å². The van der Waals surface area contributed by atoms with Gasteiger partial charge in [-0.2, -0.15) is 0 Å². The first-order valence-corrected chi connectivity index (χ1v) is 26.7. The number of nitrogens with two attached hydrogens (primary N) is 2. The molecule has 0 radical (unpaired) electrons. The van der Waals surface area contributed by atoms with Crippen molar-refractivity contribution in [2.24, 2.45) is 20.3 Å². The molecule has 0 aliphatic carbocycles. The van der Waals surface area contributed by atoms with Crippen LogP contribution in [0.4, 0.5) is 0 Å².